The molecule has 0 aromatic carbocycles. The number of halogens is 1. The summed E-state index contributed by atoms with van der Waals surface area (Å²) in [7, 11) is 0. The molecule has 5 N–H and O–H groups in total. The van der Waals surface area contributed by atoms with Crippen molar-refractivity contribution in [3.63, 3.8) is 0 Å². The third kappa shape index (κ3) is 2.28. The number of aliphatic hydroxyl groups excluding tert-OH is 2. The summed E-state index contributed by atoms with van der Waals surface area (Å²) in [5.41, 5.74) is 6.48. The van der Waals surface area contributed by atoms with Crippen molar-refractivity contribution in [3.05, 3.63) is 29.0 Å². The Morgan fingerprint density at radius 1 is 1.47 bits per heavy atom. The number of H-pyrrole nitrogens is 1. The van der Waals surface area contributed by atoms with Crippen LogP contribution >= 0.6 is 11.6 Å². The van der Waals surface area contributed by atoms with Crippen LogP contribution in [-0.2, 0) is 0 Å². The number of aromatic amines is 1. The molecular weight excluding hydrogens is 242 g/mol. The van der Waals surface area contributed by atoms with Crippen LogP contribution in [0, 0.1) is 0 Å². The SMILES string of the molecule is NCCC(O)C(O)c1c[nH]c2nccc(Cl)c12. The third-order valence-electron chi connectivity index (χ3n) is 2.70. The van der Waals surface area contributed by atoms with Crippen LogP contribution in [0.5, 0.6) is 0 Å². The van der Waals surface area contributed by atoms with Gasteiger partial charge in [0.25, 0.3) is 0 Å². The topological polar surface area (TPSA) is 95.2 Å². The number of hydrogen-bond acceptors (Lipinski definition) is 4. The largest absolute Gasteiger partial charge is 0.390 e. The number of pyridine rings is 1. The van der Waals surface area contributed by atoms with E-state index in [9.17, 15) is 10.2 Å². The number of rotatable bonds is 4. The van der Waals surface area contributed by atoms with Crippen LogP contribution in [0.1, 0.15) is 18.1 Å². The van der Waals surface area contributed by atoms with Gasteiger partial charge in [0, 0.05) is 23.3 Å². The molecule has 0 aliphatic carbocycles. The molecule has 2 unspecified atom stereocenters. The van der Waals surface area contributed by atoms with E-state index in [-0.39, 0.29) is 0 Å². The summed E-state index contributed by atoms with van der Waals surface area (Å²) < 4.78 is 0. The van der Waals surface area contributed by atoms with Gasteiger partial charge in [0.2, 0.25) is 0 Å². The summed E-state index contributed by atoms with van der Waals surface area (Å²) in [6.45, 7) is 0.312. The molecule has 2 heterocycles. The number of aliphatic hydroxyl groups is 2. The molecule has 2 atom stereocenters. The van der Waals surface area contributed by atoms with Crippen molar-refractivity contribution >= 4 is 22.6 Å². The molecule has 0 spiro atoms. The van der Waals surface area contributed by atoms with Gasteiger partial charge in [0.05, 0.1) is 11.1 Å². The van der Waals surface area contributed by atoms with Crippen LogP contribution in [0.3, 0.4) is 0 Å². The van der Waals surface area contributed by atoms with Crippen molar-refractivity contribution in [2.24, 2.45) is 5.73 Å². The maximum absolute atomic E-state index is 10.0. The predicted octanol–water partition coefficient (Wildman–Crippen LogP) is 0.959. The molecule has 0 aliphatic rings. The first kappa shape index (κ1) is 12.3. The summed E-state index contributed by atoms with van der Waals surface area (Å²) in [5, 5.41) is 20.9. The van der Waals surface area contributed by atoms with Crippen molar-refractivity contribution in [1.29, 1.82) is 0 Å². The van der Waals surface area contributed by atoms with Crippen molar-refractivity contribution in [2.45, 2.75) is 18.6 Å². The molecule has 5 nitrogen and oxygen atoms in total. The Morgan fingerprint density at radius 2 is 2.24 bits per heavy atom. The number of aromatic nitrogens is 2. The van der Waals surface area contributed by atoms with Gasteiger partial charge in [-0.2, -0.15) is 0 Å². The Morgan fingerprint density at radius 3 is 2.94 bits per heavy atom. The van der Waals surface area contributed by atoms with Gasteiger partial charge in [-0.3, -0.25) is 0 Å². The van der Waals surface area contributed by atoms with E-state index in [2.05, 4.69) is 9.97 Å². The van der Waals surface area contributed by atoms with Crippen LogP contribution in [0.4, 0.5) is 0 Å². The highest BCUT2D eigenvalue weighted by molar-refractivity contribution is 6.35. The average molecular weight is 256 g/mol. The lowest BCUT2D eigenvalue weighted by molar-refractivity contribution is 0.0159. The van der Waals surface area contributed by atoms with E-state index in [1.54, 1.807) is 18.5 Å². The molecule has 0 aliphatic heterocycles. The summed E-state index contributed by atoms with van der Waals surface area (Å²) in [5.74, 6) is 0. The van der Waals surface area contributed by atoms with E-state index in [1.165, 1.54) is 0 Å². The summed E-state index contributed by atoms with van der Waals surface area (Å²) >= 11 is 6.05. The standard InChI is InChI=1S/C11H14ClN3O2/c12-7-2-4-14-11-9(7)6(5-15-11)10(17)8(16)1-3-13/h2,4-5,8,10,16-17H,1,3,13H2,(H,14,15). The van der Waals surface area contributed by atoms with Crippen LogP contribution in [0.25, 0.3) is 11.0 Å². The van der Waals surface area contributed by atoms with Crippen LogP contribution in [-0.4, -0.2) is 32.8 Å². The summed E-state index contributed by atoms with van der Waals surface area (Å²) in [6.07, 6.45) is 1.58. The van der Waals surface area contributed by atoms with E-state index in [1.807, 2.05) is 0 Å². The van der Waals surface area contributed by atoms with Gasteiger partial charge in [0.15, 0.2) is 0 Å². The number of fused-ring (bicyclic) bond motifs is 1. The van der Waals surface area contributed by atoms with E-state index in [0.29, 0.717) is 34.6 Å². The predicted molar refractivity (Wildman–Crippen MR) is 65.7 cm³/mol. The summed E-state index contributed by atoms with van der Waals surface area (Å²) in [4.78, 5) is 7.00. The second kappa shape index (κ2) is 5.01. The fourth-order valence-electron chi connectivity index (χ4n) is 1.81. The van der Waals surface area contributed by atoms with Crippen LogP contribution in [0.2, 0.25) is 5.02 Å². The van der Waals surface area contributed by atoms with Crippen molar-refractivity contribution in [1.82, 2.24) is 9.97 Å². The second-order valence-corrected chi connectivity index (χ2v) is 4.26. The Labute approximate surface area is 103 Å². The van der Waals surface area contributed by atoms with Gasteiger partial charge >= 0.3 is 0 Å². The number of nitrogens with one attached hydrogen (secondary N) is 1. The van der Waals surface area contributed by atoms with E-state index in [4.69, 9.17) is 17.3 Å². The van der Waals surface area contributed by atoms with E-state index in [0.717, 1.165) is 0 Å². The molecule has 0 fully saturated rings. The Bertz CT molecular complexity index is 514. The molecule has 0 saturated heterocycles. The number of nitrogens with two attached hydrogens (primary N) is 1. The minimum Gasteiger partial charge on any atom is -0.390 e. The van der Waals surface area contributed by atoms with Gasteiger partial charge in [-0.1, -0.05) is 11.6 Å². The maximum Gasteiger partial charge on any atom is 0.139 e. The normalized spacial score (nSPS) is 15.1. The van der Waals surface area contributed by atoms with Crippen LogP contribution in [0.15, 0.2) is 18.5 Å². The molecule has 17 heavy (non-hydrogen) atoms. The molecular formula is C11H14ClN3O2. The monoisotopic (exact) mass is 255 g/mol. The zero-order valence-corrected chi connectivity index (χ0v) is 9.85. The fourth-order valence-corrected chi connectivity index (χ4v) is 2.06. The molecule has 6 heteroatoms. The molecule has 2 aromatic rings. The molecule has 2 aromatic heterocycles. The first-order valence-corrected chi connectivity index (χ1v) is 5.70. The van der Waals surface area contributed by atoms with E-state index < -0.39 is 12.2 Å². The highest BCUT2D eigenvalue weighted by atomic mass is 35.5. The van der Waals surface area contributed by atoms with Gasteiger partial charge in [-0.25, -0.2) is 4.98 Å². The highest BCUT2D eigenvalue weighted by Gasteiger charge is 2.22. The quantitative estimate of drug-likeness (QED) is 0.654. The first-order valence-electron chi connectivity index (χ1n) is 5.33. The Kier molecular flexibility index (Phi) is 3.63. The second-order valence-electron chi connectivity index (χ2n) is 3.85. The molecule has 0 amide bonds. The Hall–Kier alpha value is -1.14. The lowest BCUT2D eigenvalue weighted by Crippen LogP contribution is -2.21. The third-order valence-corrected chi connectivity index (χ3v) is 3.01. The van der Waals surface area contributed by atoms with Gasteiger partial charge in [-0.05, 0) is 19.0 Å². The number of hydrogen-bond donors (Lipinski definition) is 4. The van der Waals surface area contributed by atoms with Crippen molar-refractivity contribution in [2.75, 3.05) is 6.54 Å². The highest BCUT2D eigenvalue weighted by Crippen LogP contribution is 2.31. The molecule has 92 valence electrons. The van der Waals surface area contributed by atoms with E-state index >= 15 is 0 Å². The van der Waals surface area contributed by atoms with Crippen molar-refractivity contribution in [3.8, 4) is 0 Å². The van der Waals surface area contributed by atoms with Crippen LogP contribution < -0.4 is 5.73 Å². The van der Waals surface area contributed by atoms with Crippen molar-refractivity contribution < 1.29 is 10.2 Å². The smallest absolute Gasteiger partial charge is 0.139 e. The van der Waals surface area contributed by atoms with Gasteiger partial charge in [0.1, 0.15) is 11.8 Å². The minimum absolute atomic E-state index is 0.312. The molecule has 0 bridgehead atoms. The zero-order valence-electron chi connectivity index (χ0n) is 9.10. The minimum atomic E-state index is -1.02. The maximum atomic E-state index is 10.0. The molecule has 0 radical (unpaired) electrons. The molecule has 2 rings (SSSR count). The lowest BCUT2D eigenvalue weighted by atomic mass is 10.0. The zero-order chi connectivity index (χ0) is 12.4. The number of nitrogens with zero attached hydrogens (tertiary/aromatic N) is 1. The average Bonchev–Trinajstić information content (AvgIpc) is 2.73. The Balaban J connectivity index is 2.42. The summed E-state index contributed by atoms with van der Waals surface area (Å²) in [6, 6.07) is 1.64. The van der Waals surface area contributed by atoms with Gasteiger partial charge < -0.3 is 20.9 Å². The molecule has 0 saturated carbocycles. The van der Waals surface area contributed by atoms with Gasteiger partial charge in [-0.15, -0.1) is 0 Å². The first-order chi connectivity index (χ1) is 8.15. The lowest BCUT2D eigenvalue weighted by Gasteiger charge is -2.16. The fraction of sp³-hybridized carbons (Fsp3) is 0.364.